The Morgan fingerprint density at radius 3 is 2.44 bits per heavy atom. The first-order valence-electron chi connectivity index (χ1n) is 7.69. The highest BCUT2D eigenvalue weighted by atomic mass is 16.7. The van der Waals surface area contributed by atoms with Crippen LogP contribution >= 0.6 is 0 Å². The van der Waals surface area contributed by atoms with Gasteiger partial charge in [-0.05, 0) is 23.8 Å². The molecule has 3 aliphatic rings. The smallest absolute Gasteiger partial charge is 0.332 e. The first-order valence-corrected chi connectivity index (χ1v) is 7.69. The van der Waals surface area contributed by atoms with Crippen LogP contribution in [0.4, 0.5) is 4.79 Å². The third-order valence-corrected chi connectivity index (χ3v) is 4.51. The molecule has 1 saturated heterocycles. The fourth-order valence-corrected chi connectivity index (χ4v) is 3.05. The van der Waals surface area contributed by atoms with Crippen LogP contribution < -0.4 is 20.3 Å². The van der Waals surface area contributed by atoms with Crippen molar-refractivity contribution in [3.05, 3.63) is 35.5 Å². The molecule has 0 aromatic heterocycles. The number of nitrogens with one attached hydrogen (secondary N) is 2. The molecular formula is C16H16N4O5. The van der Waals surface area contributed by atoms with Gasteiger partial charge in [0, 0.05) is 19.8 Å². The van der Waals surface area contributed by atoms with Crippen molar-refractivity contribution < 1.29 is 23.9 Å². The summed E-state index contributed by atoms with van der Waals surface area (Å²) in [5.41, 5.74) is 7.23. The first kappa shape index (κ1) is 15.5. The summed E-state index contributed by atoms with van der Waals surface area (Å²) in [6.45, 7) is 0.188. The number of hydrazine groups is 1. The Morgan fingerprint density at radius 2 is 1.72 bits per heavy atom. The predicted molar refractivity (Wildman–Crippen MR) is 84.1 cm³/mol. The lowest BCUT2D eigenvalue weighted by atomic mass is 9.98. The van der Waals surface area contributed by atoms with Gasteiger partial charge in [-0.1, -0.05) is 6.07 Å². The molecule has 2 N–H and O–H groups in total. The van der Waals surface area contributed by atoms with Gasteiger partial charge in [0.1, 0.15) is 0 Å². The number of carbonyl (C=O) groups excluding carboxylic acids is 3. The summed E-state index contributed by atoms with van der Waals surface area (Å²) in [6.07, 6.45) is 1.76. The molecule has 0 saturated carbocycles. The van der Waals surface area contributed by atoms with Crippen molar-refractivity contribution in [1.82, 2.24) is 20.7 Å². The van der Waals surface area contributed by atoms with Crippen molar-refractivity contribution in [2.75, 3.05) is 20.9 Å². The summed E-state index contributed by atoms with van der Waals surface area (Å²) in [6, 6.07) is 4.64. The number of imide groups is 2. The van der Waals surface area contributed by atoms with E-state index >= 15 is 0 Å². The second-order valence-corrected chi connectivity index (χ2v) is 5.99. The monoisotopic (exact) mass is 344 g/mol. The zero-order valence-electron chi connectivity index (χ0n) is 13.6. The largest absolute Gasteiger partial charge is 0.454 e. The Hall–Kier alpha value is -3.07. The Labute approximate surface area is 143 Å². The van der Waals surface area contributed by atoms with Crippen LogP contribution in [0.5, 0.6) is 11.5 Å². The topological polar surface area (TPSA) is 100 Å². The van der Waals surface area contributed by atoms with Gasteiger partial charge in [-0.2, -0.15) is 0 Å². The molecule has 1 aromatic carbocycles. The number of amides is 4. The number of benzene rings is 1. The van der Waals surface area contributed by atoms with Gasteiger partial charge in [0.2, 0.25) is 18.6 Å². The van der Waals surface area contributed by atoms with Gasteiger partial charge in [-0.25, -0.2) is 10.2 Å². The molecule has 25 heavy (non-hydrogen) atoms. The van der Waals surface area contributed by atoms with E-state index in [1.54, 1.807) is 6.08 Å². The normalized spacial score (nSPS) is 23.2. The number of hydrogen-bond acceptors (Lipinski definition) is 7. The van der Waals surface area contributed by atoms with Crippen LogP contribution in [0.25, 0.3) is 0 Å². The molecule has 1 atom stereocenters. The van der Waals surface area contributed by atoms with Gasteiger partial charge in [-0.3, -0.25) is 19.4 Å². The van der Waals surface area contributed by atoms with E-state index in [4.69, 9.17) is 9.47 Å². The Bertz CT molecular complexity index is 797. The maximum absolute atomic E-state index is 12.4. The van der Waals surface area contributed by atoms with Gasteiger partial charge in [0.25, 0.3) is 0 Å². The van der Waals surface area contributed by atoms with Crippen LogP contribution in [0.2, 0.25) is 0 Å². The Balaban J connectivity index is 1.61. The quantitative estimate of drug-likeness (QED) is 0.735. The lowest BCUT2D eigenvalue weighted by Crippen LogP contribution is -2.58. The first-order chi connectivity index (χ1) is 12.0. The SMILES string of the molecule is CN1C(=O)C(C2=C[C@@H](c3ccc4c(c3)OCO4)NN2)C(=O)N(C)C1=O. The Kier molecular flexibility index (Phi) is 3.39. The zero-order chi connectivity index (χ0) is 17.7. The van der Waals surface area contributed by atoms with E-state index < -0.39 is 23.8 Å². The molecule has 1 fully saturated rings. The molecular weight excluding hydrogens is 328 g/mol. The van der Waals surface area contributed by atoms with Crippen LogP contribution in [-0.4, -0.2) is 48.5 Å². The highest BCUT2D eigenvalue weighted by Gasteiger charge is 2.45. The molecule has 4 amide bonds. The molecule has 0 radical (unpaired) electrons. The zero-order valence-corrected chi connectivity index (χ0v) is 13.6. The number of hydrogen-bond donors (Lipinski definition) is 2. The summed E-state index contributed by atoms with van der Waals surface area (Å²) in [4.78, 5) is 38.5. The van der Waals surface area contributed by atoms with Gasteiger partial charge < -0.3 is 14.9 Å². The standard InChI is InChI=1S/C16H16N4O5/c1-19-14(21)13(15(22)20(2)16(19)23)10-6-9(17-18-10)8-3-4-11-12(5-8)25-7-24-11/h3-6,9,13,17-18H,7H2,1-2H3/t9-/m0/s1. The maximum Gasteiger partial charge on any atom is 0.332 e. The van der Waals surface area contributed by atoms with Crippen molar-refractivity contribution in [2.24, 2.45) is 5.92 Å². The van der Waals surface area contributed by atoms with Crippen LogP contribution in [0.15, 0.2) is 30.0 Å². The van der Waals surface area contributed by atoms with Crippen LogP contribution in [0.3, 0.4) is 0 Å². The van der Waals surface area contributed by atoms with Crippen LogP contribution in [0.1, 0.15) is 11.6 Å². The van der Waals surface area contributed by atoms with Crippen molar-refractivity contribution >= 4 is 17.8 Å². The minimum atomic E-state index is -1.07. The van der Waals surface area contributed by atoms with Gasteiger partial charge >= 0.3 is 6.03 Å². The highest BCUT2D eigenvalue weighted by Crippen LogP contribution is 2.35. The van der Waals surface area contributed by atoms with Gasteiger partial charge in [-0.15, -0.1) is 0 Å². The lowest BCUT2D eigenvalue weighted by molar-refractivity contribution is -0.145. The fourth-order valence-electron chi connectivity index (χ4n) is 3.05. The third kappa shape index (κ3) is 2.31. The summed E-state index contributed by atoms with van der Waals surface area (Å²) >= 11 is 0. The molecule has 3 aliphatic heterocycles. The summed E-state index contributed by atoms with van der Waals surface area (Å²) < 4.78 is 10.7. The minimum Gasteiger partial charge on any atom is -0.454 e. The van der Waals surface area contributed by atoms with E-state index in [0.29, 0.717) is 17.2 Å². The molecule has 4 rings (SSSR count). The molecule has 9 nitrogen and oxygen atoms in total. The molecule has 0 aliphatic carbocycles. The van der Waals surface area contributed by atoms with Crippen molar-refractivity contribution in [2.45, 2.75) is 6.04 Å². The number of urea groups is 1. The van der Waals surface area contributed by atoms with Gasteiger partial charge in [0.05, 0.1) is 6.04 Å². The number of nitrogens with zero attached hydrogens (tertiary/aromatic N) is 2. The Morgan fingerprint density at radius 1 is 1.04 bits per heavy atom. The average molecular weight is 344 g/mol. The molecule has 0 unspecified atom stereocenters. The van der Waals surface area contributed by atoms with Crippen molar-refractivity contribution in [1.29, 1.82) is 0 Å². The van der Waals surface area contributed by atoms with Crippen molar-refractivity contribution in [3.63, 3.8) is 0 Å². The second kappa shape index (κ2) is 5.49. The number of fused-ring (bicyclic) bond motifs is 1. The number of barbiturate groups is 1. The summed E-state index contributed by atoms with van der Waals surface area (Å²) in [5, 5.41) is 0. The molecule has 130 valence electrons. The molecule has 0 bridgehead atoms. The van der Waals surface area contributed by atoms with Gasteiger partial charge in [0.15, 0.2) is 17.4 Å². The van der Waals surface area contributed by atoms with E-state index in [-0.39, 0.29) is 12.8 Å². The van der Waals surface area contributed by atoms with E-state index in [1.165, 1.54) is 14.1 Å². The van der Waals surface area contributed by atoms with Crippen LogP contribution in [-0.2, 0) is 9.59 Å². The van der Waals surface area contributed by atoms with E-state index in [2.05, 4.69) is 10.9 Å². The number of ether oxygens (including phenoxy) is 2. The third-order valence-electron chi connectivity index (χ3n) is 4.51. The van der Waals surface area contributed by atoms with Crippen molar-refractivity contribution in [3.8, 4) is 11.5 Å². The minimum absolute atomic E-state index is 0.188. The molecule has 1 aromatic rings. The number of carbonyl (C=O) groups is 3. The van der Waals surface area contributed by atoms with E-state index in [0.717, 1.165) is 15.4 Å². The lowest BCUT2D eigenvalue weighted by Gasteiger charge is -2.33. The highest BCUT2D eigenvalue weighted by molar-refractivity contribution is 6.17. The second-order valence-electron chi connectivity index (χ2n) is 5.99. The number of rotatable bonds is 2. The van der Waals surface area contributed by atoms with E-state index in [1.807, 2.05) is 18.2 Å². The van der Waals surface area contributed by atoms with Crippen LogP contribution in [0, 0.1) is 5.92 Å². The maximum atomic E-state index is 12.4. The molecule has 9 heteroatoms. The average Bonchev–Trinajstić information content (AvgIpc) is 3.27. The molecule has 0 spiro atoms. The predicted octanol–water partition coefficient (Wildman–Crippen LogP) is 0.115. The summed E-state index contributed by atoms with van der Waals surface area (Å²) in [7, 11) is 2.72. The molecule has 3 heterocycles. The fraction of sp³-hybridized carbons (Fsp3) is 0.312. The summed E-state index contributed by atoms with van der Waals surface area (Å²) in [5.74, 6) is -0.853. The van der Waals surface area contributed by atoms with E-state index in [9.17, 15) is 14.4 Å².